The lowest BCUT2D eigenvalue weighted by atomic mass is 9.80. The van der Waals surface area contributed by atoms with Gasteiger partial charge in [0.2, 0.25) is 17.7 Å². The van der Waals surface area contributed by atoms with Gasteiger partial charge in [-0.15, -0.1) is 0 Å². The first kappa shape index (κ1) is 64.2. The zero-order valence-corrected chi connectivity index (χ0v) is 51.6. The summed E-state index contributed by atoms with van der Waals surface area (Å²) in [4.78, 5) is 75.8. The Kier molecular flexibility index (Phi) is 20.4. The first-order valence-corrected chi connectivity index (χ1v) is 29.4. The number of likely N-dealkylation sites (tertiary alicyclic amines) is 1. The number of hydrogen-bond acceptors (Lipinski definition) is 13. The number of allylic oxidation sites excluding steroid dienone is 3. The first-order chi connectivity index (χ1) is 39.5. The van der Waals surface area contributed by atoms with Gasteiger partial charge in [0.1, 0.15) is 34.1 Å². The van der Waals surface area contributed by atoms with Crippen molar-refractivity contribution < 1.29 is 57.2 Å². The van der Waals surface area contributed by atoms with E-state index in [-0.39, 0.29) is 95.4 Å². The first-order valence-electron chi connectivity index (χ1n) is 29.4. The monoisotopic (exact) mass is 1160 g/mol. The lowest BCUT2D eigenvalue weighted by molar-refractivity contribution is -0.154. The molecule has 2 unspecified atom stereocenters. The number of carbonyl (C=O) groups is 6. The van der Waals surface area contributed by atoms with Gasteiger partial charge in [0, 0.05) is 6.04 Å². The van der Waals surface area contributed by atoms with Gasteiger partial charge in [0.15, 0.2) is 0 Å². The summed E-state index contributed by atoms with van der Waals surface area (Å²) in [6.45, 7) is 22.3. The number of benzene rings is 3. The van der Waals surface area contributed by atoms with Crippen LogP contribution >= 0.6 is 0 Å². The van der Waals surface area contributed by atoms with E-state index >= 15 is 0 Å². The zero-order chi connectivity index (χ0) is 61.6. The maximum atomic E-state index is 13.1. The molecular formula is C66H90N6O12. The summed E-state index contributed by atoms with van der Waals surface area (Å²) in [5.41, 5.74) is 7.11. The minimum atomic E-state index is -0.571. The molecule has 15 atom stereocenters. The van der Waals surface area contributed by atoms with E-state index in [0.717, 1.165) is 53.2 Å². The molecule has 3 saturated carbocycles. The molecule has 6 N–H and O–H groups in total. The predicted octanol–water partition coefficient (Wildman–Crippen LogP) is 10.8. The summed E-state index contributed by atoms with van der Waals surface area (Å²) in [6.07, 6.45) is 14.0. The van der Waals surface area contributed by atoms with Crippen LogP contribution < -0.4 is 41.2 Å². The second-order valence-electron chi connectivity index (χ2n) is 26.0. The van der Waals surface area contributed by atoms with Crippen molar-refractivity contribution in [2.45, 2.75) is 155 Å². The topological polar surface area (TPSA) is 235 Å². The van der Waals surface area contributed by atoms with E-state index in [4.69, 9.17) is 34.2 Å². The maximum absolute atomic E-state index is 13.1. The summed E-state index contributed by atoms with van der Waals surface area (Å²) < 4.78 is 31.4. The van der Waals surface area contributed by atoms with Crippen molar-refractivity contribution in [2.24, 2.45) is 59.0 Å². The largest absolute Gasteiger partial charge is 0.497 e. The quantitative estimate of drug-likeness (QED) is 0.0646. The number of nitrogens with two attached hydrogens (primary N) is 1. The molecule has 84 heavy (non-hydrogen) atoms. The number of carbonyl (C=O) groups excluding carboxylic acids is 6. The Labute approximate surface area is 496 Å². The van der Waals surface area contributed by atoms with Gasteiger partial charge in [0.25, 0.3) is 0 Å². The van der Waals surface area contributed by atoms with Crippen molar-refractivity contribution in [3.63, 3.8) is 0 Å². The summed E-state index contributed by atoms with van der Waals surface area (Å²) in [7, 11) is 4.90. The fourth-order valence-corrected chi connectivity index (χ4v) is 12.3. The van der Waals surface area contributed by atoms with Crippen molar-refractivity contribution in [1.82, 2.24) is 26.2 Å². The number of alkyl carbamates (subject to hydrolysis) is 2. The molecule has 3 aromatic rings. The summed E-state index contributed by atoms with van der Waals surface area (Å²) in [6, 6.07) is 22.5. The number of ether oxygens (including phenoxy) is 6. The molecule has 18 heteroatoms. The van der Waals surface area contributed by atoms with Crippen LogP contribution in [-0.4, -0.2) is 97.2 Å². The van der Waals surface area contributed by atoms with E-state index in [9.17, 15) is 28.8 Å². The van der Waals surface area contributed by atoms with E-state index in [1.54, 1.807) is 21.3 Å². The van der Waals surface area contributed by atoms with Crippen LogP contribution in [-0.2, 0) is 28.6 Å². The molecule has 18 nitrogen and oxygen atoms in total. The van der Waals surface area contributed by atoms with Crippen LogP contribution in [0.1, 0.15) is 137 Å². The van der Waals surface area contributed by atoms with Gasteiger partial charge < -0.3 is 55.4 Å². The molecular weight excluding hydrogens is 1070 g/mol. The van der Waals surface area contributed by atoms with E-state index in [1.807, 2.05) is 156 Å². The number of nitrogens with zero attached hydrogens (tertiary/aromatic N) is 1. The summed E-state index contributed by atoms with van der Waals surface area (Å²) in [5, 5.41) is 12.1. The molecule has 1 heterocycles. The van der Waals surface area contributed by atoms with Crippen LogP contribution in [0.2, 0.25) is 0 Å². The number of hydrogen-bond donors (Lipinski definition) is 5. The Bertz CT molecular complexity index is 2750. The number of β-lactam (4-membered cyclic amide) rings is 1. The number of methoxy groups -OCH3 is 3. The van der Waals surface area contributed by atoms with Gasteiger partial charge in [-0.2, -0.15) is 0 Å². The highest BCUT2D eigenvalue weighted by Crippen LogP contribution is 2.53. The minimum Gasteiger partial charge on any atom is -0.497 e. The lowest BCUT2D eigenvalue weighted by Gasteiger charge is -2.46. The molecule has 4 fully saturated rings. The summed E-state index contributed by atoms with van der Waals surface area (Å²) >= 11 is 0. The highest BCUT2D eigenvalue weighted by Gasteiger charge is 2.63. The Hall–Kier alpha value is -7.34. The van der Waals surface area contributed by atoms with Crippen molar-refractivity contribution in [3.05, 3.63) is 126 Å². The molecule has 10 rings (SSSR count). The minimum absolute atomic E-state index is 0.0394. The van der Waals surface area contributed by atoms with Crippen LogP contribution in [0, 0.1) is 53.3 Å². The zero-order valence-electron chi connectivity index (χ0n) is 51.6. The molecule has 1 aliphatic heterocycles. The Morgan fingerprint density at radius 2 is 0.821 bits per heavy atom. The molecule has 6 aliphatic carbocycles. The summed E-state index contributed by atoms with van der Waals surface area (Å²) in [5.74, 6) is 3.10. The number of rotatable bonds is 12. The molecule has 1 saturated heterocycles. The van der Waals surface area contributed by atoms with Crippen LogP contribution in [0.5, 0.6) is 17.2 Å². The Balaban J connectivity index is 0.000000169. The van der Waals surface area contributed by atoms with Crippen molar-refractivity contribution >= 4 is 36.0 Å². The van der Waals surface area contributed by atoms with Gasteiger partial charge in [-0.3, -0.25) is 14.4 Å². The van der Waals surface area contributed by atoms with Crippen LogP contribution in [0.15, 0.2) is 109 Å². The highest BCUT2D eigenvalue weighted by molar-refractivity contribution is 6.00. The second kappa shape index (κ2) is 26.7. The molecule has 6 bridgehead atoms. The van der Waals surface area contributed by atoms with Crippen molar-refractivity contribution in [3.8, 4) is 17.2 Å². The number of fused-ring (bicyclic) bond motifs is 9. The van der Waals surface area contributed by atoms with Gasteiger partial charge in [-0.1, -0.05) is 72.9 Å². The molecule has 6 amide bonds. The van der Waals surface area contributed by atoms with E-state index < -0.39 is 35.1 Å². The van der Waals surface area contributed by atoms with Crippen LogP contribution in [0.25, 0.3) is 0 Å². The smallest absolute Gasteiger partial charge is 0.417 e. The molecule has 7 aliphatic rings. The Morgan fingerprint density at radius 3 is 1.18 bits per heavy atom. The SMILES string of the molecule is CC(C)(C)OC(=O)N1C(=O)C2C1[C@H]1C=C[C@@H]2C1.COc1ccc([C@@H](C)N)cc1.COc1ccc([C@@H](C)NC(=O)[C@@H]2[C@H](NC(=O)OC(C)(C)C)[C@H]3C=C[C@@H]2C3)cc1.COc1ccc([C@@H](C)NC(=O)[C@H]2[C@@H](NC(=O)OC(C)(C)C)[C@H]3C=C[C@@H]2C3)cc1. The van der Waals surface area contributed by atoms with Crippen molar-refractivity contribution in [2.75, 3.05) is 21.3 Å². The fourth-order valence-electron chi connectivity index (χ4n) is 12.3. The van der Waals surface area contributed by atoms with Gasteiger partial charge >= 0.3 is 18.3 Å². The number of nitrogens with one attached hydrogen (secondary N) is 4. The molecule has 3 aromatic carbocycles. The molecule has 0 radical (unpaired) electrons. The average Bonchev–Trinajstić information content (AvgIpc) is 1.63. The Morgan fingerprint density at radius 1 is 0.488 bits per heavy atom. The third-order valence-electron chi connectivity index (χ3n) is 16.3. The third-order valence-corrected chi connectivity index (χ3v) is 16.3. The highest BCUT2D eigenvalue weighted by atomic mass is 16.6. The fraction of sp³-hybridized carbons (Fsp3) is 0.545. The molecule has 0 aromatic heterocycles. The molecule has 0 spiro atoms. The number of amides is 6. The van der Waals surface area contributed by atoms with Crippen LogP contribution in [0.3, 0.4) is 0 Å². The third kappa shape index (κ3) is 16.1. The van der Waals surface area contributed by atoms with Gasteiger partial charge in [0.05, 0.1) is 69.3 Å². The standard InChI is InChI=1S/2C22H30N2O4.C13H17NO3.C9H13NO/c2*1-13(14-8-10-17(27-5)11-9-14)23-20(25)18-15-6-7-16(12-15)19(18)24-21(26)28-22(2,3)4;1-13(2,3)17-12(16)14-10-8-5-4-7(6-8)9(10)11(14)15;1-7(10)8-3-5-9(11-2)6-4-8/h2*6-11,13,15-16,18-19H,12H2,1-5H3,(H,23,25)(H,24,26);4-5,7-10H,6H2,1-3H3;3-7H,10H2,1-2H3/t13-,15-,16+,18+,19-;13-,15-,16+,18-,19+;7-,8+,9?,10?;7-/m1111/s1. The molecule has 456 valence electrons. The van der Waals surface area contributed by atoms with E-state index in [1.165, 1.54) is 4.90 Å². The van der Waals surface area contributed by atoms with Gasteiger partial charge in [-0.05, 0) is 191 Å². The number of imide groups is 1. The normalized spacial score (nSPS) is 27.1. The van der Waals surface area contributed by atoms with Crippen molar-refractivity contribution in [1.29, 1.82) is 0 Å². The van der Waals surface area contributed by atoms with Crippen LogP contribution in [0.4, 0.5) is 14.4 Å². The predicted molar refractivity (Wildman–Crippen MR) is 321 cm³/mol. The van der Waals surface area contributed by atoms with E-state index in [0.29, 0.717) is 11.8 Å². The average molecular weight is 1160 g/mol. The second-order valence-corrected chi connectivity index (χ2v) is 26.0. The lowest BCUT2D eigenvalue weighted by Crippen LogP contribution is -2.65. The van der Waals surface area contributed by atoms with E-state index in [2.05, 4.69) is 57.7 Å². The van der Waals surface area contributed by atoms with Gasteiger partial charge in [-0.25, -0.2) is 19.3 Å². The maximum Gasteiger partial charge on any atom is 0.417 e.